The number of hydrogen-bond acceptors (Lipinski definition) is 3. The molecule has 1 atom stereocenters. The van der Waals surface area contributed by atoms with E-state index in [1.807, 2.05) is 6.92 Å². The summed E-state index contributed by atoms with van der Waals surface area (Å²) < 4.78 is 24.6. The normalized spacial score (nSPS) is 12.4. The van der Waals surface area contributed by atoms with E-state index < -0.39 is 0 Å². The van der Waals surface area contributed by atoms with Gasteiger partial charge in [0, 0.05) is 24.8 Å². The summed E-state index contributed by atoms with van der Waals surface area (Å²) in [6.45, 7) is 6.46. The summed E-state index contributed by atoms with van der Waals surface area (Å²) in [6.07, 6.45) is 3.18. The van der Waals surface area contributed by atoms with Gasteiger partial charge in [-0.25, -0.2) is 4.39 Å². The van der Waals surface area contributed by atoms with Crippen LogP contribution in [-0.4, -0.2) is 26.9 Å². The monoisotopic (exact) mass is 283 g/mol. The lowest BCUT2D eigenvalue weighted by Crippen LogP contribution is -2.22. The Morgan fingerprint density at radius 3 is 2.70 bits per heavy atom. The Bertz CT molecular complexity index is 385. The first-order valence-electron chi connectivity index (χ1n) is 7.34. The summed E-state index contributed by atoms with van der Waals surface area (Å²) in [4.78, 5) is 0. The molecule has 0 fully saturated rings. The molecule has 0 aliphatic heterocycles. The topological polar surface area (TPSA) is 30.5 Å². The number of hydrogen-bond donors (Lipinski definition) is 1. The number of benzene rings is 1. The van der Waals surface area contributed by atoms with E-state index in [0.29, 0.717) is 11.3 Å². The van der Waals surface area contributed by atoms with Gasteiger partial charge in [-0.15, -0.1) is 0 Å². The van der Waals surface area contributed by atoms with Gasteiger partial charge in [0.2, 0.25) is 0 Å². The predicted octanol–water partition coefficient (Wildman–Crippen LogP) is 3.69. The Hall–Kier alpha value is -1.13. The molecule has 0 bridgehead atoms. The molecule has 0 spiro atoms. The summed E-state index contributed by atoms with van der Waals surface area (Å²) in [5.74, 6) is 0.354. The standard InChI is InChI=1S/C16H26FNO2/c1-4-5-11-20-12-7-10-18-13(2)16-14(17)8-6-9-15(16)19-3/h6,8-9,13,18H,4-5,7,10-12H2,1-3H3. The van der Waals surface area contributed by atoms with Crippen molar-refractivity contribution >= 4 is 0 Å². The summed E-state index contributed by atoms with van der Waals surface area (Å²) in [6, 6.07) is 4.82. The van der Waals surface area contributed by atoms with Gasteiger partial charge in [-0.2, -0.15) is 0 Å². The second-order valence-corrected chi connectivity index (χ2v) is 4.85. The Kier molecular flexibility index (Phi) is 8.23. The van der Waals surface area contributed by atoms with E-state index in [2.05, 4.69) is 12.2 Å². The molecule has 0 amide bonds. The molecular formula is C16H26FNO2. The van der Waals surface area contributed by atoms with Gasteiger partial charge in [-0.3, -0.25) is 0 Å². The molecule has 1 N–H and O–H groups in total. The maximum atomic E-state index is 13.9. The van der Waals surface area contributed by atoms with Crippen LogP contribution in [0, 0.1) is 5.82 Å². The van der Waals surface area contributed by atoms with Crippen molar-refractivity contribution in [2.75, 3.05) is 26.9 Å². The molecule has 0 radical (unpaired) electrons. The van der Waals surface area contributed by atoms with E-state index in [4.69, 9.17) is 9.47 Å². The molecule has 0 aliphatic rings. The van der Waals surface area contributed by atoms with Crippen LogP contribution < -0.4 is 10.1 Å². The van der Waals surface area contributed by atoms with Gasteiger partial charge in [0.1, 0.15) is 11.6 Å². The zero-order valence-electron chi connectivity index (χ0n) is 12.7. The van der Waals surface area contributed by atoms with Crippen molar-refractivity contribution in [1.29, 1.82) is 0 Å². The van der Waals surface area contributed by atoms with Crippen LogP contribution in [0.2, 0.25) is 0 Å². The fourth-order valence-corrected chi connectivity index (χ4v) is 2.06. The number of rotatable bonds is 10. The van der Waals surface area contributed by atoms with Crippen LogP contribution >= 0.6 is 0 Å². The second kappa shape index (κ2) is 9.72. The highest BCUT2D eigenvalue weighted by Gasteiger charge is 2.15. The number of ether oxygens (including phenoxy) is 2. The van der Waals surface area contributed by atoms with Crippen LogP contribution in [0.3, 0.4) is 0 Å². The lowest BCUT2D eigenvalue weighted by molar-refractivity contribution is 0.128. The third kappa shape index (κ3) is 5.47. The van der Waals surface area contributed by atoms with Gasteiger partial charge in [0.05, 0.1) is 7.11 Å². The zero-order chi connectivity index (χ0) is 14.8. The lowest BCUT2D eigenvalue weighted by atomic mass is 10.1. The Balaban J connectivity index is 2.34. The third-order valence-corrected chi connectivity index (χ3v) is 3.22. The second-order valence-electron chi connectivity index (χ2n) is 4.85. The number of methoxy groups -OCH3 is 1. The Morgan fingerprint density at radius 2 is 2.00 bits per heavy atom. The minimum atomic E-state index is -0.233. The van der Waals surface area contributed by atoms with Crippen molar-refractivity contribution < 1.29 is 13.9 Å². The minimum absolute atomic E-state index is 0.0817. The maximum absolute atomic E-state index is 13.9. The van der Waals surface area contributed by atoms with Crippen LogP contribution in [0.4, 0.5) is 4.39 Å². The van der Waals surface area contributed by atoms with E-state index in [-0.39, 0.29) is 11.9 Å². The molecule has 114 valence electrons. The summed E-state index contributed by atoms with van der Waals surface area (Å²) in [5, 5.41) is 3.31. The van der Waals surface area contributed by atoms with Gasteiger partial charge >= 0.3 is 0 Å². The highest BCUT2D eigenvalue weighted by molar-refractivity contribution is 5.36. The predicted molar refractivity (Wildman–Crippen MR) is 79.7 cm³/mol. The average molecular weight is 283 g/mol. The first-order valence-corrected chi connectivity index (χ1v) is 7.34. The van der Waals surface area contributed by atoms with Gasteiger partial charge < -0.3 is 14.8 Å². The van der Waals surface area contributed by atoms with Crippen LogP contribution in [0.15, 0.2) is 18.2 Å². The molecule has 1 rings (SSSR count). The molecule has 1 aromatic carbocycles. The number of nitrogens with one attached hydrogen (secondary N) is 1. The molecule has 20 heavy (non-hydrogen) atoms. The Morgan fingerprint density at radius 1 is 1.25 bits per heavy atom. The van der Waals surface area contributed by atoms with Crippen LogP contribution in [0.1, 0.15) is 44.7 Å². The largest absolute Gasteiger partial charge is 0.496 e. The summed E-state index contributed by atoms with van der Waals surface area (Å²) in [7, 11) is 1.56. The number of halogens is 1. The van der Waals surface area contributed by atoms with Crippen molar-refractivity contribution in [3.8, 4) is 5.75 Å². The molecule has 3 nitrogen and oxygen atoms in total. The van der Waals surface area contributed by atoms with E-state index in [1.54, 1.807) is 19.2 Å². The highest BCUT2D eigenvalue weighted by atomic mass is 19.1. The molecule has 0 saturated carbocycles. The molecular weight excluding hydrogens is 257 g/mol. The van der Waals surface area contributed by atoms with E-state index >= 15 is 0 Å². The third-order valence-electron chi connectivity index (χ3n) is 3.22. The molecule has 1 unspecified atom stereocenters. The van der Waals surface area contributed by atoms with Crippen molar-refractivity contribution in [2.45, 2.75) is 39.2 Å². The van der Waals surface area contributed by atoms with Gasteiger partial charge in [-0.05, 0) is 38.4 Å². The first kappa shape index (κ1) is 16.9. The SMILES string of the molecule is CCCCOCCCNC(C)c1c(F)cccc1OC. The first-order chi connectivity index (χ1) is 9.70. The Labute approximate surface area is 121 Å². The van der Waals surface area contributed by atoms with Gasteiger partial charge in [0.15, 0.2) is 0 Å². The molecule has 0 saturated heterocycles. The van der Waals surface area contributed by atoms with E-state index in [1.165, 1.54) is 6.07 Å². The zero-order valence-corrected chi connectivity index (χ0v) is 12.7. The maximum Gasteiger partial charge on any atom is 0.131 e. The fraction of sp³-hybridized carbons (Fsp3) is 0.625. The summed E-state index contributed by atoms with van der Waals surface area (Å²) >= 11 is 0. The fourth-order valence-electron chi connectivity index (χ4n) is 2.06. The van der Waals surface area contributed by atoms with Gasteiger partial charge in [0.25, 0.3) is 0 Å². The van der Waals surface area contributed by atoms with Crippen molar-refractivity contribution in [3.05, 3.63) is 29.6 Å². The number of unbranched alkanes of at least 4 members (excludes halogenated alkanes) is 1. The molecule has 1 aromatic rings. The molecule has 0 aliphatic carbocycles. The van der Waals surface area contributed by atoms with Crippen LogP contribution in [0.25, 0.3) is 0 Å². The van der Waals surface area contributed by atoms with Crippen molar-refractivity contribution in [3.63, 3.8) is 0 Å². The molecule has 0 heterocycles. The van der Waals surface area contributed by atoms with E-state index in [9.17, 15) is 4.39 Å². The quantitative estimate of drug-likeness (QED) is 0.664. The smallest absolute Gasteiger partial charge is 0.131 e. The highest BCUT2D eigenvalue weighted by Crippen LogP contribution is 2.27. The molecule has 0 aromatic heterocycles. The van der Waals surface area contributed by atoms with Crippen molar-refractivity contribution in [1.82, 2.24) is 5.32 Å². The van der Waals surface area contributed by atoms with E-state index in [0.717, 1.165) is 39.0 Å². The van der Waals surface area contributed by atoms with Gasteiger partial charge in [-0.1, -0.05) is 19.4 Å². The lowest BCUT2D eigenvalue weighted by Gasteiger charge is -2.18. The summed E-state index contributed by atoms with van der Waals surface area (Å²) in [5.41, 5.74) is 0.585. The van der Waals surface area contributed by atoms with Crippen LogP contribution in [0.5, 0.6) is 5.75 Å². The minimum Gasteiger partial charge on any atom is -0.496 e. The molecule has 4 heteroatoms. The average Bonchev–Trinajstić information content (AvgIpc) is 2.45. The van der Waals surface area contributed by atoms with Crippen LogP contribution in [-0.2, 0) is 4.74 Å². The van der Waals surface area contributed by atoms with Crippen molar-refractivity contribution in [2.24, 2.45) is 0 Å².